The van der Waals surface area contributed by atoms with Crippen LogP contribution < -0.4 is 0 Å². The van der Waals surface area contributed by atoms with Crippen LogP contribution in [0.1, 0.15) is 0 Å². The Labute approximate surface area is 64.5 Å². The van der Waals surface area contributed by atoms with E-state index in [0.29, 0.717) is 0 Å². The molecule has 0 saturated heterocycles. The van der Waals surface area contributed by atoms with Crippen molar-refractivity contribution in [3.8, 4) is 0 Å². The van der Waals surface area contributed by atoms with Gasteiger partial charge in [-0.25, -0.2) is 0 Å². The summed E-state index contributed by atoms with van der Waals surface area (Å²) in [4.78, 5) is 0. The van der Waals surface area contributed by atoms with Crippen LogP contribution in [0.5, 0.6) is 0 Å². The summed E-state index contributed by atoms with van der Waals surface area (Å²) in [7, 11) is 0. The summed E-state index contributed by atoms with van der Waals surface area (Å²) >= 11 is 3.59. The molecule has 10 heavy (non-hydrogen) atoms. The van der Waals surface area contributed by atoms with Crippen LogP contribution in [0.3, 0.4) is 0 Å². The summed E-state index contributed by atoms with van der Waals surface area (Å²) in [6.07, 6.45) is 0. The average Bonchev–Trinajstić information content (AvgIpc) is 1.92. The number of rotatable bonds is 4. The Hall–Kier alpha value is 0.190. The summed E-state index contributed by atoms with van der Waals surface area (Å²) in [6.45, 7) is -1.49. The van der Waals surface area contributed by atoms with Gasteiger partial charge in [-0.05, 0) is 0 Å². The fourth-order valence-corrected chi connectivity index (χ4v) is 0.640. The molecule has 0 aliphatic carbocycles. The highest BCUT2D eigenvalue weighted by atomic mass is 32.1. The van der Waals surface area contributed by atoms with Crippen LogP contribution in [-0.2, 0) is 0 Å². The predicted octanol–water partition coefficient (Wildman–Crippen LogP) is -1.80. The van der Waals surface area contributed by atoms with Gasteiger partial charge in [-0.15, -0.1) is 12.6 Å². The number of thiol groups is 1. The van der Waals surface area contributed by atoms with Crippen LogP contribution in [0.2, 0.25) is 0 Å². The van der Waals surface area contributed by atoms with E-state index in [0.717, 1.165) is 0 Å². The van der Waals surface area contributed by atoms with Crippen LogP contribution in [0.25, 0.3) is 0 Å². The minimum absolute atomic E-state index is 0.495. The molecule has 62 valence electrons. The minimum Gasteiger partial charge on any atom is -0.395 e. The van der Waals surface area contributed by atoms with Crippen LogP contribution >= 0.6 is 12.6 Å². The maximum absolute atomic E-state index is 8.85. The highest BCUT2D eigenvalue weighted by molar-refractivity contribution is 7.80. The van der Waals surface area contributed by atoms with E-state index in [-0.39, 0.29) is 0 Å². The maximum atomic E-state index is 8.85. The molecule has 0 amide bonds. The first-order valence-electron chi connectivity index (χ1n) is 2.81. The SMILES string of the molecule is OCC(CO)(CO)C(O)S. The van der Waals surface area contributed by atoms with Crippen molar-refractivity contribution in [2.24, 2.45) is 5.41 Å². The second-order valence-electron chi connectivity index (χ2n) is 2.21. The lowest BCUT2D eigenvalue weighted by Crippen LogP contribution is -2.42. The number of aliphatic hydroxyl groups excluding tert-OH is 4. The number of hydrogen-bond donors (Lipinski definition) is 5. The Bertz CT molecular complexity index is 83.4. The first-order valence-corrected chi connectivity index (χ1v) is 3.33. The lowest BCUT2D eigenvalue weighted by molar-refractivity contribution is -0.0464. The largest absolute Gasteiger partial charge is 0.395 e. The number of hydrogen-bond acceptors (Lipinski definition) is 5. The third-order valence-electron chi connectivity index (χ3n) is 1.49. The Morgan fingerprint density at radius 1 is 1.10 bits per heavy atom. The topological polar surface area (TPSA) is 80.9 Å². The van der Waals surface area contributed by atoms with E-state index in [1.165, 1.54) is 0 Å². The monoisotopic (exact) mass is 168 g/mol. The van der Waals surface area contributed by atoms with E-state index in [1.54, 1.807) is 0 Å². The van der Waals surface area contributed by atoms with Gasteiger partial charge in [-0.1, -0.05) is 0 Å². The average molecular weight is 168 g/mol. The van der Waals surface area contributed by atoms with Gasteiger partial charge in [-0.3, -0.25) is 0 Å². The molecule has 1 unspecified atom stereocenters. The molecule has 0 aromatic carbocycles. The van der Waals surface area contributed by atoms with Crippen molar-refractivity contribution in [3.05, 3.63) is 0 Å². The number of aliphatic hydroxyl groups is 4. The molecule has 0 rings (SSSR count). The lowest BCUT2D eigenvalue weighted by atomic mass is 9.92. The molecule has 0 radical (unpaired) electrons. The molecule has 0 aliphatic rings. The molecule has 0 bridgehead atoms. The minimum atomic E-state index is -1.29. The Balaban J connectivity index is 4.15. The van der Waals surface area contributed by atoms with Crippen molar-refractivity contribution in [1.82, 2.24) is 0 Å². The molecule has 0 aromatic rings. The molecule has 0 saturated carbocycles. The zero-order valence-electron chi connectivity index (χ0n) is 5.43. The van der Waals surface area contributed by atoms with E-state index in [1.807, 2.05) is 0 Å². The first-order chi connectivity index (χ1) is 4.63. The van der Waals surface area contributed by atoms with Gasteiger partial charge in [0.2, 0.25) is 0 Å². The molecule has 1 atom stereocenters. The summed E-state index contributed by atoms with van der Waals surface area (Å²) < 4.78 is 0. The van der Waals surface area contributed by atoms with Crippen molar-refractivity contribution < 1.29 is 20.4 Å². The summed E-state index contributed by atoms with van der Waals surface area (Å²) in [5, 5.41) is 34.7. The molecular formula is C5H12O4S. The standard InChI is InChI=1S/C5H12O4S/c6-1-5(2-7,3-8)4(9)10/h4,6-10H,1-3H2. The highest BCUT2D eigenvalue weighted by Gasteiger charge is 2.34. The van der Waals surface area contributed by atoms with Crippen molar-refractivity contribution in [1.29, 1.82) is 0 Å². The van der Waals surface area contributed by atoms with Crippen LogP contribution in [0.4, 0.5) is 0 Å². The molecule has 4 nitrogen and oxygen atoms in total. The van der Waals surface area contributed by atoms with Crippen molar-refractivity contribution >= 4 is 12.6 Å². The van der Waals surface area contributed by atoms with Crippen LogP contribution in [-0.4, -0.2) is 45.7 Å². The van der Waals surface area contributed by atoms with Gasteiger partial charge in [-0.2, -0.15) is 0 Å². The summed E-state index contributed by atoms with van der Waals surface area (Å²) in [6, 6.07) is 0. The normalized spacial score (nSPS) is 15.3. The Morgan fingerprint density at radius 3 is 1.40 bits per heavy atom. The Kier molecular flexibility index (Phi) is 4.23. The Morgan fingerprint density at radius 2 is 1.40 bits per heavy atom. The maximum Gasteiger partial charge on any atom is 0.109 e. The molecule has 4 N–H and O–H groups in total. The molecule has 5 heteroatoms. The van der Waals surface area contributed by atoms with E-state index < -0.39 is 30.7 Å². The lowest BCUT2D eigenvalue weighted by Gasteiger charge is -2.29. The van der Waals surface area contributed by atoms with Gasteiger partial charge in [0.1, 0.15) is 5.44 Å². The van der Waals surface area contributed by atoms with Gasteiger partial charge < -0.3 is 20.4 Å². The van der Waals surface area contributed by atoms with Gasteiger partial charge in [0.15, 0.2) is 0 Å². The second-order valence-corrected chi connectivity index (χ2v) is 2.70. The van der Waals surface area contributed by atoms with Gasteiger partial charge in [0, 0.05) is 0 Å². The fraction of sp³-hybridized carbons (Fsp3) is 1.00. The first kappa shape index (κ1) is 10.2. The molecule has 0 fully saturated rings. The van der Waals surface area contributed by atoms with E-state index in [9.17, 15) is 0 Å². The van der Waals surface area contributed by atoms with Gasteiger partial charge in [0.05, 0.1) is 25.2 Å². The smallest absolute Gasteiger partial charge is 0.109 e. The molecule has 0 heterocycles. The van der Waals surface area contributed by atoms with E-state index in [4.69, 9.17) is 20.4 Å². The summed E-state index contributed by atoms with van der Waals surface area (Å²) in [5.74, 6) is 0. The quantitative estimate of drug-likeness (QED) is 0.253. The third-order valence-corrected chi connectivity index (χ3v) is 2.04. The van der Waals surface area contributed by atoms with Gasteiger partial charge >= 0.3 is 0 Å². The zero-order chi connectivity index (χ0) is 8.20. The molecular weight excluding hydrogens is 156 g/mol. The second kappa shape index (κ2) is 4.15. The third kappa shape index (κ3) is 1.83. The van der Waals surface area contributed by atoms with Crippen molar-refractivity contribution in [2.45, 2.75) is 5.44 Å². The molecule has 0 aromatic heterocycles. The predicted molar refractivity (Wildman–Crippen MR) is 38.7 cm³/mol. The van der Waals surface area contributed by atoms with E-state index >= 15 is 0 Å². The van der Waals surface area contributed by atoms with Crippen LogP contribution in [0, 0.1) is 5.41 Å². The molecule has 0 spiro atoms. The summed E-state index contributed by atoms with van der Waals surface area (Å²) in [5.41, 5.74) is -2.50. The van der Waals surface area contributed by atoms with Crippen LogP contribution in [0.15, 0.2) is 0 Å². The van der Waals surface area contributed by atoms with Crippen molar-refractivity contribution in [2.75, 3.05) is 19.8 Å². The van der Waals surface area contributed by atoms with Gasteiger partial charge in [0.25, 0.3) is 0 Å². The fourth-order valence-electron chi connectivity index (χ4n) is 0.395. The zero-order valence-corrected chi connectivity index (χ0v) is 6.33. The van der Waals surface area contributed by atoms with Crippen molar-refractivity contribution in [3.63, 3.8) is 0 Å². The molecule has 0 aliphatic heterocycles. The van der Waals surface area contributed by atoms with E-state index in [2.05, 4.69) is 12.6 Å². The highest BCUT2D eigenvalue weighted by Crippen LogP contribution is 2.22.